The molecule has 2 N–H and O–H groups in total. The topological polar surface area (TPSA) is 78.4 Å². The Labute approximate surface area is 119 Å². The first-order chi connectivity index (χ1) is 9.55. The summed E-state index contributed by atoms with van der Waals surface area (Å²) >= 11 is 0. The van der Waals surface area contributed by atoms with Gasteiger partial charge in [-0.05, 0) is 32.8 Å². The second-order valence-corrected chi connectivity index (χ2v) is 5.53. The van der Waals surface area contributed by atoms with Crippen LogP contribution in [0.1, 0.15) is 25.6 Å². The van der Waals surface area contributed by atoms with E-state index in [0.717, 1.165) is 31.0 Å². The molecular weight excluding hydrogens is 256 g/mol. The number of piperidine rings is 1. The van der Waals surface area contributed by atoms with Crippen LogP contribution in [0, 0.1) is 12.3 Å². The van der Waals surface area contributed by atoms with E-state index in [0.29, 0.717) is 13.1 Å². The number of anilines is 1. The van der Waals surface area contributed by atoms with E-state index in [2.05, 4.69) is 20.2 Å². The second kappa shape index (κ2) is 6.17. The predicted octanol–water partition coefficient (Wildman–Crippen LogP) is 0.500. The predicted molar refractivity (Wildman–Crippen MR) is 76.4 cm³/mol. The minimum atomic E-state index is -0.438. The molecule has 1 aliphatic rings. The third-order valence-electron chi connectivity index (χ3n) is 3.73. The number of nitrogens with one attached hydrogen (secondary N) is 1. The third-order valence-corrected chi connectivity index (χ3v) is 3.73. The van der Waals surface area contributed by atoms with Gasteiger partial charge in [0.1, 0.15) is 11.6 Å². The Morgan fingerprint density at radius 3 is 3.10 bits per heavy atom. The van der Waals surface area contributed by atoms with Crippen molar-refractivity contribution in [2.75, 3.05) is 31.1 Å². The van der Waals surface area contributed by atoms with Gasteiger partial charge in [0.15, 0.2) is 0 Å². The largest absolute Gasteiger partial charge is 0.395 e. The van der Waals surface area contributed by atoms with E-state index < -0.39 is 5.41 Å². The number of aliphatic hydroxyl groups excluding tert-OH is 1. The SMILES string of the molecule is Cc1nccc(N2CCC[C@@](C)(C(=O)NCCO)C2)n1. The van der Waals surface area contributed by atoms with Gasteiger partial charge in [0.05, 0.1) is 12.0 Å². The summed E-state index contributed by atoms with van der Waals surface area (Å²) in [5.74, 6) is 1.61. The van der Waals surface area contributed by atoms with Crippen molar-refractivity contribution in [3.05, 3.63) is 18.1 Å². The van der Waals surface area contributed by atoms with Crippen molar-refractivity contribution in [1.29, 1.82) is 0 Å². The summed E-state index contributed by atoms with van der Waals surface area (Å²) in [4.78, 5) is 22.9. The van der Waals surface area contributed by atoms with Gasteiger partial charge >= 0.3 is 0 Å². The molecule has 1 fully saturated rings. The molecule has 1 saturated heterocycles. The van der Waals surface area contributed by atoms with Crippen LogP contribution in [0.3, 0.4) is 0 Å². The van der Waals surface area contributed by atoms with E-state index in [1.807, 2.05) is 19.9 Å². The van der Waals surface area contributed by atoms with Crippen molar-refractivity contribution >= 4 is 11.7 Å². The van der Waals surface area contributed by atoms with E-state index in [9.17, 15) is 4.79 Å². The summed E-state index contributed by atoms with van der Waals surface area (Å²) in [5, 5.41) is 11.6. The summed E-state index contributed by atoms with van der Waals surface area (Å²) in [7, 11) is 0. The molecule has 6 heteroatoms. The summed E-state index contributed by atoms with van der Waals surface area (Å²) in [6.45, 7) is 5.65. The van der Waals surface area contributed by atoms with Crippen molar-refractivity contribution in [1.82, 2.24) is 15.3 Å². The number of hydrogen-bond donors (Lipinski definition) is 2. The molecule has 0 saturated carbocycles. The third kappa shape index (κ3) is 3.25. The van der Waals surface area contributed by atoms with Crippen molar-refractivity contribution in [2.24, 2.45) is 5.41 Å². The quantitative estimate of drug-likeness (QED) is 0.838. The molecule has 1 amide bonds. The van der Waals surface area contributed by atoms with Crippen molar-refractivity contribution < 1.29 is 9.90 Å². The molecule has 0 radical (unpaired) electrons. The van der Waals surface area contributed by atoms with Crippen LogP contribution in [-0.2, 0) is 4.79 Å². The van der Waals surface area contributed by atoms with Crippen molar-refractivity contribution in [3.8, 4) is 0 Å². The van der Waals surface area contributed by atoms with Gasteiger partial charge in [-0.15, -0.1) is 0 Å². The lowest BCUT2D eigenvalue weighted by molar-refractivity contribution is -0.130. The Bertz CT molecular complexity index is 480. The first-order valence-corrected chi connectivity index (χ1v) is 6.99. The normalized spacial score (nSPS) is 22.6. The fourth-order valence-corrected chi connectivity index (χ4v) is 2.62. The van der Waals surface area contributed by atoms with Crippen LogP contribution in [0.15, 0.2) is 12.3 Å². The van der Waals surface area contributed by atoms with Gasteiger partial charge in [0, 0.05) is 25.8 Å². The molecule has 1 aliphatic heterocycles. The van der Waals surface area contributed by atoms with Gasteiger partial charge in [-0.2, -0.15) is 0 Å². The molecule has 1 aromatic heterocycles. The van der Waals surface area contributed by atoms with E-state index in [1.54, 1.807) is 6.20 Å². The Morgan fingerprint density at radius 1 is 1.60 bits per heavy atom. The van der Waals surface area contributed by atoms with E-state index in [1.165, 1.54) is 0 Å². The minimum Gasteiger partial charge on any atom is -0.395 e. The number of nitrogens with zero attached hydrogens (tertiary/aromatic N) is 3. The molecule has 0 aromatic carbocycles. The number of carbonyl (C=O) groups is 1. The zero-order valence-corrected chi connectivity index (χ0v) is 12.1. The number of carbonyl (C=O) groups excluding carboxylic acids is 1. The lowest BCUT2D eigenvalue weighted by Gasteiger charge is -2.39. The van der Waals surface area contributed by atoms with Gasteiger partial charge < -0.3 is 15.3 Å². The molecular formula is C14H22N4O2. The molecule has 6 nitrogen and oxygen atoms in total. The Balaban J connectivity index is 2.09. The molecule has 110 valence electrons. The van der Waals surface area contributed by atoms with Crippen LogP contribution in [0.25, 0.3) is 0 Å². The minimum absolute atomic E-state index is 0.00188. The van der Waals surface area contributed by atoms with Crippen LogP contribution >= 0.6 is 0 Å². The first-order valence-electron chi connectivity index (χ1n) is 6.99. The summed E-state index contributed by atoms with van der Waals surface area (Å²) in [5.41, 5.74) is -0.438. The highest BCUT2D eigenvalue weighted by Crippen LogP contribution is 2.31. The summed E-state index contributed by atoms with van der Waals surface area (Å²) in [6.07, 6.45) is 3.55. The smallest absolute Gasteiger partial charge is 0.227 e. The molecule has 1 aromatic rings. The number of amides is 1. The van der Waals surface area contributed by atoms with Crippen LogP contribution < -0.4 is 10.2 Å². The Kier molecular flexibility index (Phi) is 4.54. The average molecular weight is 278 g/mol. The van der Waals surface area contributed by atoms with Crippen molar-refractivity contribution in [2.45, 2.75) is 26.7 Å². The van der Waals surface area contributed by atoms with E-state index in [4.69, 9.17) is 5.11 Å². The molecule has 0 spiro atoms. The zero-order valence-electron chi connectivity index (χ0n) is 12.1. The van der Waals surface area contributed by atoms with Gasteiger partial charge in [-0.25, -0.2) is 9.97 Å². The fraction of sp³-hybridized carbons (Fsp3) is 0.643. The van der Waals surface area contributed by atoms with Crippen LogP contribution in [0.5, 0.6) is 0 Å². The number of aromatic nitrogens is 2. The highest BCUT2D eigenvalue weighted by Gasteiger charge is 2.38. The maximum atomic E-state index is 12.2. The molecule has 0 unspecified atom stereocenters. The lowest BCUT2D eigenvalue weighted by Crippen LogP contribution is -2.51. The average Bonchev–Trinajstić information content (AvgIpc) is 2.44. The highest BCUT2D eigenvalue weighted by atomic mass is 16.3. The fourth-order valence-electron chi connectivity index (χ4n) is 2.62. The molecule has 1 atom stereocenters. The molecule has 20 heavy (non-hydrogen) atoms. The number of aryl methyl sites for hydroxylation is 1. The second-order valence-electron chi connectivity index (χ2n) is 5.53. The van der Waals surface area contributed by atoms with E-state index in [-0.39, 0.29) is 12.5 Å². The number of hydrogen-bond acceptors (Lipinski definition) is 5. The van der Waals surface area contributed by atoms with Gasteiger partial charge in [0.2, 0.25) is 5.91 Å². The highest BCUT2D eigenvalue weighted by molar-refractivity contribution is 5.83. The molecule has 2 heterocycles. The summed E-state index contributed by atoms with van der Waals surface area (Å²) in [6, 6.07) is 1.88. The monoisotopic (exact) mass is 278 g/mol. The molecule has 0 bridgehead atoms. The van der Waals surface area contributed by atoms with Crippen LogP contribution in [-0.4, -0.2) is 47.2 Å². The Hall–Kier alpha value is -1.69. The first kappa shape index (κ1) is 14.7. The maximum Gasteiger partial charge on any atom is 0.227 e. The maximum absolute atomic E-state index is 12.2. The molecule has 2 rings (SSSR count). The van der Waals surface area contributed by atoms with Crippen molar-refractivity contribution in [3.63, 3.8) is 0 Å². The summed E-state index contributed by atoms with van der Waals surface area (Å²) < 4.78 is 0. The number of rotatable bonds is 4. The van der Waals surface area contributed by atoms with Crippen LogP contribution in [0.2, 0.25) is 0 Å². The van der Waals surface area contributed by atoms with Gasteiger partial charge in [-0.3, -0.25) is 4.79 Å². The standard InChI is InChI=1S/C14H22N4O2/c1-11-15-6-4-12(17-11)18-8-3-5-14(2,10-18)13(20)16-7-9-19/h4,6,19H,3,5,7-10H2,1-2H3,(H,16,20)/t14-/m1/s1. The van der Waals surface area contributed by atoms with Crippen LogP contribution in [0.4, 0.5) is 5.82 Å². The Morgan fingerprint density at radius 2 is 2.40 bits per heavy atom. The zero-order chi connectivity index (χ0) is 14.6. The lowest BCUT2D eigenvalue weighted by atomic mass is 9.81. The van der Waals surface area contributed by atoms with Gasteiger partial charge in [0.25, 0.3) is 0 Å². The molecule has 0 aliphatic carbocycles. The van der Waals surface area contributed by atoms with Gasteiger partial charge in [-0.1, -0.05) is 0 Å². The number of aliphatic hydroxyl groups is 1. The van der Waals surface area contributed by atoms with E-state index >= 15 is 0 Å².